The van der Waals surface area contributed by atoms with Crippen LogP contribution in [0.15, 0.2) is 30.3 Å². The normalized spacial score (nSPS) is 11.3. The van der Waals surface area contributed by atoms with Gasteiger partial charge in [-0.1, -0.05) is 30.3 Å². The predicted molar refractivity (Wildman–Crippen MR) is 68.0 cm³/mol. The fourth-order valence-corrected chi connectivity index (χ4v) is 1.39. The van der Waals surface area contributed by atoms with Crippen molar-refractivity contribution in [2.45, 2.75) is 19.6 Å². The van der Waals surface area contributed by atoms with Crippen LogP contribution in [0.5, 0.6) is 0 Å². The number of carboxylic acids is 1. The lowest BCUT2D eigenvalue weighted by Gasteiger charge is -2.22. The van der Waals surface area contributed by atoms with E-state index in [9.17, 15) is 14.4 Å². The van der Waals surface area contributed by atoms with Crippen molar-refractivity contribution in [3.63, 3.8) is 0 Å². The van der Waals surface area contributed by atoms with E-state index >= 15 is 0 Å². The number of amides is 2. The first kappa shape index (κ1) is 15.5. The van der Waals surface area contributed by atoms with Gasteiger partial charge in [-0.15, -0.1) is 0 Å². The van der Waals surface area contributed by atoms with E-state index in [0.717, 1.165) is 7.11 Å². The summed E-state index contributed by atoms with van der Waals surface area (Å²) in [5, 5.41) is 8.87. The van der Waals surface area contributed by atoms with Crippen LogP contribution in [0.1, 0.15) is 12.5 Å². The molecule has 0 fully saturated rings. The summed E-state index contributed by atoms with van der Waals surface area (Å²) in [4.78, 5) is 34.5. The number of imide groups is 1. The molecule has 1 rings (SSSR count). The fourth-order valence-electron chi connectivity index (χ4n) is 1.39. The number of hydrogen-bond donors (Lipinski definition) is 1. The van der Waals surface area contributed by atoms with Gasteiger partial charge in [0.1, 0.15) is 12.6 Å². The summed E-state index contributed by atoms with van der Waals surface area (Å²) in [6.07, 6.45) is -2.16. The lowest BCUT2D eigenvalue weighted by Crippen LogP contribution is -2.47. The Bertz CT molecular complexity index is 487. The Morgan fingerprint density at radius 2 is 1.80 bits per heavy atom. The van der Waals surface area contributed by atoms with Crippen molar-refractivity contribution >= 4 is 18.2 Å². The molecular formula is C13H15NO6. The molecule has 1 N–H and O–H groups in total. The monoisotopic (exact) mass is 281 g/mol. The summed E-state index contributed by atoms with van der Waals surface area (Å²) in [6, 6.07) is 7.42. The molecule has 0 spiro atoms. The Morgan fingerprint density at radius 3 is 2.30 bits per heavy atom. The average molecular weight is 281 g/mol. The third kappa shape index (κ3) is 3.98. The lowest BCUT2D eigenvalue weighted by molar-refractivity contribution is -0.141. The number of benzene rings is 1. The summed E-state index contributed by atoms with van der Waals surface area (Å²) in [6.45, 7) is 1.11. The number of carboxylic acid groups (broad SMARTS) is 1. The molecule has 1 atom stereocenters. The Morgan fingerprint density at radius 1 is 1.20 bits per heavy atom. The Hall–Kier alpha value is -2.57. The highest BCUT2D eigenvalue weighted by Gasteiger charge is 2.33. The fraction of sp³-hybridized carbons (Fsp3) is 0.308. The van der Waals surface area contributed by atoms with Gasteiger partial charge in [0.15, 0.2) is 0 Å². The third-order valence-corrected chi connectivity index (χ3v) is 2.52. The highest BCUT2D eigenvalue weighted by atomic mass is 16.6. The van der Waals surface area contributed by atoms with E-state index < -0.39 is 24.2 Å². The molecule has 0 saturated heterocycles. The highest BCUT2D eigenvalue weighted by molar-refractivity contribution is 5.93. The number of ether oxygens (including phenoxy) is 2. The first-order chi connectivity index (χ1) is 9.47. The topological polar surface area (TPSA) is 93.1 Å². The van der Waals surface area contributed by atoms with Crippen molar-refractivity contribution in [1.29, 1.82) is 0 Å². The number of methoxy groups -OCH3 is 1. The molecule has 1 aromatic carbocycles. The maximum Gasteiger partial charge on any atom is 0.420 e. The van der Waals surface area contributed by atoms with Crippen LogP contribution >= 0.6 is 0 Å². The largest absolute Gasteiger partial charge is 0.480 e. The molecule has 7 nitrogen and oxygen atoms in total. The van der Waals surface area contributed by atoms with E-state index in [0.29, 0.717) is 10.5 Å². The second-order valence-corrected chi connectivity index (χ2v) is 3.89. The first-order valence-electron chi connectivity index (χ1n) is 5.78. The van der Waals surface area contributed by atoms with Crippen molar-refractivity contribution in [2.24, 2.45) is 0 Å². The molecule has 20 heavy (non-hydrogen) atoms. The van der Waals surface area contributed by atoms with Gasteiger partial charge in [0.25, 0.3) is 0 Å². The molecule has 1 aromatic rings. The zero-order chi connectivity index (χ0) is 15.1. The molecule has 0 heterocycles. The number of aliphatic carboxylic acids is 1. The number of nitrogens with zero attached hydrogens (tertiary/aromatic N) is 1. The molecule has 0 bridgehead atoms. The van der Waals surface area contributed by atoms with Crippen LogP contribution in [0.4, 0.5) is 9.59 Å². The summed E-state index contributed by atoms with van der Waals surface area (Å²) in [7, 11) is 1.05. The molecule has 0 aliphatic rings. The van der Waals surface area contributed by atoms with E-state index in [1.165, 1.54) is 6.92 Å². The number of hydrogen-bond acceptors (Lipinski definition) is 5. The van der Waals surface area contributed by atoms with Crippen LogP contribution in [0, 0.1) is 0 Å². The molecule has 108 valence electrons. The van der Waals surface area contributed by atoms with Crippen molar-refractivity contribution in [3.8, 4) is 0 Å². The van der Waals surface area contributed by atoms with Crippen LogP contribution in [0.25, 0.3) is 0 Å². The van der Waals surface area contributed by atoms with Crippen LogP contribution < -0.4 is 0 Å². The van der Waals surface area contributed by atoms with E-state index in [4.69, 9.17) is 9.84 Å². The smallest absolute Gasteiger partial charge is 0.420 e. The van der Waals surface area contributed by atoms with Gasteiger partial charge in [0.2, 0.25) is 0 Å². The molecule has 0 aliphatic carbocycles. The average Bonchev–Trinajstić information content (AvgIpc) is 2.45. The maximum absolute atomic E-state index is 11.8. The molecular weight excluding hydrogens is 266 g/mol. The standard InChI is InChI=1S/C13H15NO6/c1-9(11(15)16)14(12(17)19-2)13(18)20-8-10-6-4-3-5-7-10/h3-7,9H,8H2,1-2H3,(H,15,16). The maximum atomic E-state index is 11.8. The van der Waals surface area contributed by atoms with Crippen molar-refractivity contribution in [2.75, 3.05) is 7.11 Å². The van der Waals surface area contributed by atoms with Gasteiger partial charge in [-0.2, -0.15) is 4.90 Å². The van der Waals surface area contributed by atoms with Gasteiger partial charge < -0.3 is 14.6 Å². The predicted octanol–water partition coefficient (Wildman–Crippen LogP) is 1.86. The van der Waals surface area contributed by atoms with E-state index in [1.54, 1.807) is 30.3 Å². The zero-order valence-corrected chi connectivity index (χ0v) is 11.1. The van der Waals surface area contributed by atoms with Crippen LogP contribution in [-0.4, -0.2) is 41.3 Å². The molecule has 0 saturated carbocycles. The van der Waals surface area contributed by atoms with Crippen LogP contribution in [-0.2, 0) is 20.9 Å². The number of carbonyl (C=O) groups is 3. The third-order valence-electron chi connectivity index (χ3n) is 2.52. The van der Waals surface area contributed by atoms with Gasteiger partial charge in [-0.3, -0.25) is 0 Å². The molecule has 1 unspecified atom stereocenters. The van der Waals surface area contributed by atoms with Crippen molar-refractivity contribution in [3.05, 3.63) is 35.9 Å². The molecule has 2 amide bonds. The van der Waals surface area contributed by atoms with Gasteiger partial charge in [0, 0.05) is 0 Å². The van der Waals surface area contributed by atoms with Gasteiger partial charge in [0.05, 0.1) is 7.11 Å². The Kier molecular flexibility index (Phi) is 5.52. The highest BCUT2D eigenvalue weighted by Crippen LogP contribution is 2.08. The Labute approximate surface area is 115 Å². The molecule has 0 aromatic heterocycles. The minimum Gasteiger partial charge on any atom is -0.480 e. The van der Waals surface area contributed by atoms with Crippen molar-refractivity contribution < 1.29 is 29.0 Å². The van der Waals surface area contributed by atoms with Gasteiger partial charge in [-0.25, -0.2) is 14.4 Å². The second-order valence-electron chi connectivity index (χ2n) is 3.89. The van der Waals surface area contributed by atoms with Gasteiger partial charge >= 0.3 is 18.2 Å². The lowest BCUT2D eigenvalue weighted by atomic mass is 10.2. The summed E-state index contributed by atoms with van der Waals surface area (Å²) < 4.78 is 9.29. The molecule has 7 heteroatoms. The SMILES string of the molecule is COC(=O)N(C(=O)OCc1ccccc1)C(C)C(=O)O. The van der Waals surface area contributed by atoms with Gasteiger partial charge in [-0.05, 0) is 12.5 Å². The summed E-state index contributed by atoms with van der Waals surface area (Å²) >= 11 is 0. The number of carbonyl (C=O) groups excluding carboxylic acids is 2. The van der Waals surface area contributed by atoms with Crippen LogP contribution in [0.3, 0.4) is 0 Å². The zero-order valence-electron chi connectivity index (χ0n) is 11.1. The van der Waals surface area contributed by atoms with E-state index in [-0.39, 0.29) is 6.61 Å². The number of rotatable bonds is 4. The first-order valence-corrected chi connectivity index (χ1v) is 5.78. The van der Waals surface area contributed by atoms with E-state index in [1.807, 2.05) is 0 Å². The molecule has 0 aliphatic heterocycles. The van der Waals surface area contributed by atoms with Crippen LogP contribution in [0.2, 0.25) is 0 Å². The quantitative estimate of drug-likeness (QED) is 0.905. The van der Waals surface area contributed by atoms with Crippen molar-refractivity contribution in [1.82, 2.24) is 4.90 Å². The summed E-state index contributed by atoms with van der Waals surface area (Å²) in [5.41, 5.74) is 0.716. The second kappa shape index (κ2) is 7.13. The van der Waals surface area contributed by atoms with E-state index in [2.05, 4.69) is 4.74 Å². The summed E-state index contributed by atoms with van der Waals surface area (Å²) in [5.74, 6) is -1.34. The minimum atomic E-state index is -1.38. The molecule has 0 radical (unpaired) electrons. The minimum absolute atomic E-state index is 0.0699. The Balaban J connectivity index is 2.73.